The number of aryl methyl sites for hydroxylation is 1. The van der Waals surface area contributed by atoms with E-state index in [1.807, 2.05) is 26.0 Å². The topological polar surface area (TPSA) is 65.4 Å². The van der Waals surface area contributed by atoms with Gasteiger partial charge in [0.25, 0.3) is 0 Å². The lowest BCUT2D eigenvalue weighted by atomic mass is 10.2. The Labute approximate surface area is 163 Å². The molecule has 2 aromatic rings. The fourth-order valence-electron chi connectivity index (χ4n) is 3.70. The molecular formula is C20H25N3O3S. The van der Waals surface area contributed by atoms with Crippen molar-refractivity contribution in [2.24, 2.45) is 0 Å². The number of imidazole rings is 1. The molecule has 0 radical (unpaired) electrons. The van der Waals surface area contributed by atoms with Crippen LogP contribution in [0.2, 0.25) is 0 Å². The monoisotopic (exact) mass is 387 g/mol. The fourth-order valence-corrected chi connectivity index (χ4v) is 4.77. The largest absolute Gasteiger partial charge is 0.454 e. The van der Waals surface area contributed by atoms with Crippen molar-refractivity contribution in [2.75, 3.05) is 12.1 Å². The summed E-state index contributed by atoms with van der Waals surface area (Å²) in [6.45, 7) is 6.32. The minimum Gasteiger partial charge on any atom is -0.454 e. The smallest absolute Gasteiger partial charge is 0.237 e. The predicted molar refractivity (Wildman–Crippen MR) is 106 cm³/mol. The zero-order chi connectivity index (χ0) is 19.0. The summed E-state index contributed by atoms with van der Waals surface area (Å²) in [7, 11) is 0. The van der Waals surface area contributed by atoms with Gasteiger partial charge in [-0.05, 0) is 45.7 Å². The first-order valence-electron chi connectivity index (χ1n) is 9.45. The number of fused-ring (bicyclic) bond motifs is 1. The third kappa shape index (κ3) is 3.65. The van der Waals surface area contributed by atoms with Crippen molar-refractivity contribution in [3.05, 3.63) is 29.6 Å². The summed E-state index contributed by atoms with van der Waals surface area (Å²) in [6.07, 6.45) is 4.93. The fraction of sp³-hybridized carbons (Fsp3) is 0.500. The van der Waals surface area contributed by atoms with Gasteiger partial charge >= 0.3 is 0 Å². The van der Waals surface area contributed by atoms with Gasteiger partial charge < -0.3 is 19.4 Å². The van der Waals surface area contributed by atoms with E-state index < -0.39 is 0 Å². The molecule has 0 saturated heterocycles. The molecule has 0 bridgehead atoms. The molecule has 7 heteroatoms. The SMILES string of the molecule is Cc1nc(SC(C)C(=O)Nc2ccc3c(c2)OCO3)n(C2CCCC2)c1C. The molecule has 1 unspecified atom stereocenters. The molecule has 4 rings (SSSR count). The number of benzene rings is 1. The summed E-state index contributed by atoms with van der Waals surface area (Å²) in [5.74, 6) is 1.33. The van der Waals surface area contributed by atoms with Crippen molar-refractivity contribution < 1.29 is 14.3 Å². The van der Waals surface area contributed by atoms with Crippen LogP contribution in [0, 0.1) is 13.8 Å². The van der Waals surface area contributed by atoms with Gasteiger partial charge in [-0.2, -0.15) is 0 Å². The van der Waals surface area contributed by atoms with Gasteiger partial charge in [0.1, 0.15) is 0 Å². The number of thioether (sulfide) groups is 1. The molecule has 1 N–H and O–H groups in total. The highest BCUT2D eigenvalue weighted by molar-refractivity contribution is 8.00. The first-order chi connectivity index (χ1) is 13.0. The number of carbonyl (C=O) groups is 1. The Balaban J connectivity index is 1.46. The second-order valence-corrected chi connectivity index (χ2v) is 8.50. The lowest BCUT2D eigenvalue weighted by Gasteiger charge is -2.18. The van der Waals surface area contributed by atoms with Crippen LogP contribution in [0.15, 0.2) is 23.4 Å². The van der Waals surface area contributed by atoms with Crippen LogP contribution in [-0.4, -0.2) is 27.5 Å². The van der Waals surface area contributed by atoms with E-state index in [0.717, 1.165) is 10.9 Å². The molecule has 1 aromatic carbocycles. The van der Waals surface area contributed by atoms with Crippen molar-refractivity contribution in [3.63, 3.8) is 0 Å². The number of hydrogen-bond donors (Lipinski definition) is 1. The van der Waals surface area contributed by atoms with Crippen LogP contribution in [0.5, 0.6) is 11.5 Å². The Kier molecular flexibility index (Phi) is 5.04. The number of ether oxygens (including phenoxy) is 2. The maximum Gasteiger partial charge on any atom is 0.237 e. The number of hydrogen-bond acceptors (Lipinski definition) is 5. The first kappa shape index (κ1) is 18.2. The molecular weight excluding hydrogens is 362 g/mol. The normalized spacial score (nSPS) is 17.3. The predicted octanol–water partition coefficient (Wildman–Crippen LogP) is 4.46. The van der Waals surface area contributed by atoms with E-state index in [1.54, 1.807) is 6.07 Å². The third-order valence-electron chi connectivity index (χ3n) is 5.34. The van der Waals surface area contributed by atoms with Gasteiger partial charge in [-0.1, -0.05) is 24.6 Å². The summed E-state index contributed by atoms with van der Waals surface area (Å²) in [5, 5.41) is 3.67. The molecule has 1 aromatic heterocycles. The highest BCUT2D eigenvalue weighted by Gasteiger charge is 2.26. The molecule has 1 fully saturated rings. The zero-order valence-corrected chi connectivity index (χ0v) is 16.8. The molecule has 1 amide bonds. The van der Waals surface area contributed by atoms with E-state index in [1.165, 1.54) is 43.1 Å². The quantitative estimate of drug-likeness (QED) is 0.767. The number of rotatable bonds is 5. The van der Waals surface area contributed by atoms with Gasteiger partial charge in [0.15, 0.2) is 16.7 Å². The van der Waals surface area contributed by atoms with E-state index in [9.17, 15) is 4.79 Å². The van der Waals surface area contributed by atoms with Crippen molar-refractivity contribution in [2.45, 2.75) is 62.9 Å². The standard InChI is InChI=1S/C20H25N3O3S/c1-12-13(2)23(16-6-4-5-7-16)20(21-12)27-14(3)19(24)22-15-8-9-17-18(10-15)26-11-25-17/h8-10,14,16H,4-7,11H2,1-3H3,(H,22,24). The van der Waals surface area contributed by atoms with Gasteiger partial charge in [0.2, 0.25) is 12.7 Å². The molecule has 6 nitrogen and oxygen atoms in total. The van der Waals surface area contributed by atoms with Crippen molar-refractivity contribution in [3.8, 4) is 11.5 Å². The average molecular weight is 388 g/mol. The Morgan fingerprint density at radius 3 is 2.78 bits per heavy atom. The number of nitrogens with zero attached hydrogens (tertiary/aromatic N) is 2. The summed E-state index contributed by atoms with van der Waals surface area (Å²) < 4.78 is 13.0. The number of aromatic nitrogens is 2. The van der Waals surface area contributed by atoms with Crippen molar-refractivity contribution in [1.29, 1.82) is 0 Å². The highest BCUT2D eigenvalue weighted by Crippen LogP contribution is 2.37. The van der Waals surface area contributed by atoms with Gasteiger partial charge in [0, 0.05) is 23.5 Å². The van der Waals surface area contributed by atoms with E-state index in [-0.39, 0.29) is 18.0 Å². The molecule has 2 aliphatic rings. The molecule has 144 valence electrons. The van der Waals surface area contributed by atoms with E-state index in [2.05, 4.69) is 16.8 Å². The number of amides is 1. The summed E-state index contributed by atoms with van der Waals surface area (Å²) >= 11 is 1.53. The highest BCUT2D eigenvalue weighted by atomic mass is 32.2. The van der Waals surface area contributed by atoms with Gasteiger partial charge in [-0.3, -0.25) is 4.79 Å². The molecule has 0 spiro atoms. The third-order valence-corrected chi connectivity index (χ3v) is 6.40. The van der Waals surface area contributed by atoms with Gasteiger partial charge in [-0.25, -0.2) is 4.98 Å². The Hall–Kier alpha value is -2.15. The van der Waals surface area contributed by atoms with Crippen LogP contribution >= 0.6 is 11.8 Å². The van der Waals surface area contributed by atoms with Crippen LogP contribution in [0.4, 0.5) is 5.69 Å². The summed E-state index contributed by atoms with van der Waals surface area (Å²) in [5.41, 5.74) is 2.98. The second kappa shape index (κ2) is 7.46. The Bertz CT molecular complexity index is 858. The molecule has 27 heavy (non-hydrogen) atoms. The van der Waals surface area contributed by atoms with Crippen LogP contribution in [0.3, 0.4) is 0 Å². The van der Waals surface area contributed by atoms with Crippen LogP contribution < -0.4 is 14.8 Å². The molecule has 1 aliphatic heterocycles. The van der Waals surface area contributed by atoms with Crippen LogP contribution in [-0.2, 0) is 4.79 Å². The van der Waals surface area contributed by atoms with Crippen LogP contribution in [0.25, 0.3) is 0 Å². The molecule has 1 atom stereocenters. The maximum absolute atomic E-state index is 12.7. The van der Waals surface area contributed by atoms with Gasteiger partial charge in [0.05, 0.1) is 10.9 Å². The second-order valence-electron chi connectivity index (χ2n) is 7.19. The molecule has 1 aliphatic carbocycles. The van der Waals surface area contributed by atoms with Crippen molar-refractivity contribution in [1.82, 2.24) is 9.55 Å². The van der Waals surface area contributed by atoms with Crippen LogP contribution in [0.1, 0.15) is 50.0 Å². The average Bonchev–Trinajstić information content (AvgIpc) is 3.36. The number of nitrogens with one attached hydrogen (secondary N) is 1. The molecule has 1 saturated carbocycles. The van der Waals surface area contributed by atoms with E-state index >= 15 is 0 Å². The first-order valence-corrected chi connectivity index (χ1v) is 10.3. The molecule has 2 heterocycles. The van der Waals surface area contributed by atoms with E-state index in [0.29, 0.717) is 23.2 Å². The van der Waals surface area contributed by atoms with Crippen molar-refractivity contribution >= 4 is 23.4 Å². The minimum atomic E-state index is -0.253. The Morgan fingerprint density at radius 1 is 1.26 bits per heavy atom. The number of carbonyl (C=O) groups excluding carboxylic acids is 1. The minimum absolute atomic E-state index is 0.0462. The number of anilines is 1. The summed E-state index contributed by atoms with van der Waals surface area (Å²) in [4.78, 5) is 17.4. The zero-order valence-electron chi connectivity index (χ0n) is 15.9. The lowest BCUT2D eigenvalue weighted by molar-refractivity contribution is -0.115. The van der Waals surface area contributed by atoms with Gasteiger partial charge in [-0.15, -0.1) is 0 Å². The Morgan fingerprint density at radius 2 is 2.00 bits per heavy atom. The lowest BCUT2D eigenvalue weighted by Crippen LogP contribution is -2.23. The van der Waals surface area contributed by atoms with E-state index in [4.69, 9.17) is 14.5 Å². The maximum atomic E-state index is 12.7. The summed E-state index contributed by atoms with van der Waals surface area (Å²) in [6, 6.07) is 5.95.